The van der Waals surface area contributed by atoms with Crippen LogP contribution in [0.15, 0.2) is 23.1 Å². The van der Waals surface area contributed by atoms with Crippen LogP contribution in [0.3, 0.4) is 0 Å². The van der Waals surface area contributed by atoms with Crippen LogP contribution in [0, 0.1) is 13.8 Å². The van der Waals surface area contributed by atoms with Crippen molar-refractivity contribution in [1.29, 1.82) is 0 Å². The van der Waals surface area contributed by atoms with E-state index >= 15 is 0 Å². The number of Topliss-reactive ketones (excluding diaryl/α,β-unsaturated/α-hetero) is 1. The number of anilines is 1. The molecule has 1 aromatic heterocycles. The van der Waals surface area contributed by atoms with Crippen molar-refractivity contribution in [3.63, 3.8) is 0 Å². The number of fused-ring (bicyclic) bond motifs is 1. The van der Waals surface area contributed by atoms with Gasteiger partial charge in [-0.2, -0.15) is 5.10 Å². The molecule has 3 rings (SSSR count). The second-order valence-corrected chi connectivity index (χ2v) is 7.85. The number of carbonyl (C=O) groups is 1. The summed E-state index contributed by atoms with van der Waals surface area (Å²) in [4.78, 5) is 12.4. The Morgan fingerprint density at radius 2 is 1.88 bits per heavy atom. The predicted molar refractivity (Wildman–Crippen MR) is 91.8 cm³/mol. The van der Waals surface area contributed by atoms with Crippen molar-refractivity contribution in [2.24, 2.45) is 7.05 Å². The third-order valence-electron chi connectivity index (χ3n) is 4.47. The molecule has 1 heterocycles. The molecule has 6 nitrogen and oxygen atoms in total. The number of nitrogens with zero attached hydrogens (tertiary/aromatic N) is 2. The average Bonchev–Trinajstić information content (AvgIpc) is 2.66. The minimum Gasteiger partial charge on any atom is -0.294 e. The molecule has 0 saturated heterocycles. The molecular formula is C17H21N3O3S. The normalized spacial score (nSPS) is 15.0. The number of carbonyl (C=O) groups excluding carboxylic acids is 1. The summed E-state index contributed by atoms with van der Waals surface area (Å²) < 4.78 is 29.6. The Morgan fingerprint density at radius 1 is 1.17 bits per heavy atom. The van der Waals surface area contributed by atoms with Crippen LogP contribution in [-0.2, 0) is 23.5 Å². The van der Waals surface area contributed by atoms with Gasteiger partial charge < -0.3 is 0 Å². The minimum atomic E-state index is -3.75. The maximum atomic E-state index is 12.7. The van der Waals surface area contributed by atoms with Gasteiger partial charge in [-0.3, -0.25) is 14.2 Å². The summed E-state index contributed by atoms with van der Waals surface area (Å²) in [6, 6.07) is 5.22. The second kappa shape index (κ2) is 6.05. The first kappa shape index (κ1) is 16.7. The summed E-state index contributed by atoms with van der Waals surface area (Å²) in [6.07, 6.45) is 3.24. The van der Waals surface area contributed by atoms with Crippen LogP contribution in [0.1, 0.15) is 46.6 Å². The lowest BCUT2D eigenvalue weighted by Gasteiger charge is -2.11. The molecular weight excluding hydrogens is 326 g/mol. The Morgan fingerprint density at radius 3 is 2.54 bits per heavy atom. The molecule has 1 aliphatic rings. The lowest BCUT2D eigenvalue weighted by Crippen LogP contribution is -2.15. The van der Waals surface area contributed by atoms with Crippen LogP contribution < -0.4 is 4.72 Å². The zero-order valence-corrected chi connectivity index (χ0v) is 14.9. The van der Waals surface area contributed by atoms with Gasteiger partial charge in [0.05, 0.1) is 11.4 Å². The zero-order valence-electron chi connectivity index (χ0n) is 14.1. The van der Waals surface area contributed by atoms with E-state index in [1.807, 2.05) is 6.07 Å². The van der Waals surface area contributed by atoms with Crippen LogP contribution >= 0.6 is 0 Å². The van der Waals surface area contributed by atoms with E-state index < -0.39 is 10.0 Å². The Hall–Kier alpha value is -2.15. The van der Waals surface area contributed by atoms with Gasteiger partial charge in [-0.1, -0.05) is 6.07 Å². The first-order valence-corrected chi connectivity index (χ1v) is 9.47. The molecule has 0 spiro atoms. The topological polar surface area (TPSA) is 81.1 Å². The third-order valence-corrected chi connectivity index (χ3v) is 6.11. The molecule has 0 aliphatic heterocycles. The number of rotatable bonds is 3. The highest BCUT2D eigenvalue weighted by molar-refractivity contribution is 7.92. The van der Waals surface area contributed by atoms with Crippen molar-refractivity contribution in [3.05, 3.63) is 40.7 Å². The monoisotopic (exact) mass is 347 g/mol. The molecule has 0 saturated carbocycles. The maximum Gasteiger partial charge on any atom is 0.265 e. The first-order chi connectivity index (χ1) is 11.3. The molecule has 7 heteroatoms. The van der Waals surface area contributed by atoms with Crippen LogP contribution in [-0.4, -0.2) is 24.0 Å². The molecule has 1 N–H and O–H groups in total. The summed E-state index contributed by atoms with van der Waals surface area (Å²) in [5.74, 6) is 0.0808. The van der Waals surface area contributed by atoms with Crippen molar-refractivity contribution in [2.75, 3.05) is 4.72 Å². The van der Waals surface area contributed by atoms with E-state index in [0.717, 1.165) is 24.8 Å². The minimum absolute atomic E-state index is 0.0808. The Kier molecular flexibility index (Phi) is 4.21. The zero-order chi connectivity index (χ0) is 17.5. The van der Waals surface area contributed by atoms with Gasteiger partial charge in [0.25, 0.3) is 10.0 Å². The number of nitrogens with one attached hydrogen (secondary N) is 1. The van der Waals surface area contributed by atoms with Crippen LogP contribution in [0.25, 0.3) is 0 Å². The fraction of sp³-hybridized carbons (Fsp3) is 0.412. The Bertz CT molecular complexity index is 913. The SMILES string of the molecule is Cc1nn(C)c(C)c1S(=O)(=O)Nc1ccc2c(c1)C(=O)CCCC2. The third kappa shape index (κ3) is 2.96. The molecule has 0 atom stereocenters. The molecule has 0 amide bonds. The second-order valence-electron chi connectivity index (χ2n) is 6.23. The van der Waals surface area contributed by atoms with Crippen molar-refractivity contribution >= 4 is 21.5 Å². The van der Waals surface area contributed by atoms with Crippen LogP contribution in [0.4, 0.5) is 5.69 Å². The smallest absolute Gasteiger partial charge is 0.265 e. The van der Waals surface area contributed by atoms with E-state index in [9.17, 15) is 13.2 Å². The van der Waals surface area contributed by atoms with Gasteiger partial charge >= 0.3 is 0 Å². The van der Waals surface area contributed by atoms with Gasteiger partial charge in [0, 0.05) is 24.7 Å². The molecule has 128 valence electrons. The number of sulfonamides is 1. The van der Waals surface area contributed by atoms with Crippen molar-refractivity contribution < 1.29 is 13.2 Å². The molecule has 0 fully saturated rings. The van der Waals surface area contributed by atoms with Gasteiger partial charge in [-0.05, 0) is 50.8 Å². The highest BCUT2D eigenvalue weighted by Crippen LogP contribution is 2.26. The van der Waals surface area contributed by atoms with E-state index in [1.54, 1.807) is 37.7 Å². The fourth-order valence-electron chi connectivity index (χ4n) is 3.20. The number of hydrogen-bond acceptors (Lipinski definition) is 4. The highest BCUT2D eigenvalue weighted by atomic mass is 32.2. The Labute approximate surface area is 141 Å². The van der Waals surface area contributed by atoms with Gasteiger partial charge in [0.15, 0.2) is 5.78 Å². The number of aryl methyl sites for hydroxylation is 3. The fourth-order valence-corrected chi connectivity index (χ4v) is 4.69. The molecule has 24 heavy (non-hydrogen) atoms. The summed E-state index contributed by atoms with van der Waals surface area (Å²) >= 11 is 0. The van der Waals surface area contributed by atoms with E-state index in [-0.39, 0.29) is 10.7 Å². The lowest BCUT2D eigenvalue weighted by atomic mass is 10.0. The van der Waals surface area contributed by atoms with E-state index in [4.69, 9.17) is 0 Å². The van der Waals surface area contributed by atoms with Crippen molar-refractivity contribution in [3.8, 4) is 0 Å². The summed E-state index contributed by atoms with van der Waals surface area (Å²) in [5.41, 5.74) is 3.06. The molecule has 1 aliphatic carbocycles. The number of benzene rings is 1. The van der Waals surface area contributed by atoms with Crippen LogP contribution in [0.5, 0.6) is 0 Å². The summed E-state index contributed by atoms with van der Waals surface area (Å²) in [6.45, 7) is 3.39. The van der Waals surface area contributed by atoms with Crippen molar-refractivity contribution in [2.45, 2.75) is 44.4 Å². The predicted octanol–water partition coefficient (Wildman–Crippen LogP) is 2.75. The summed E-state index contributed by atoms with van der Waals surface area (Å²) in [7, 11) is -2.04. The number of hydrogen-bond donors (Lipinski definition) is 1. The van der Waals surface area contributed by atoms with Crippen molar-refractivity contribution in [1.82, 2.24) is 9.78 Å². The van der Waals surface area contributed by atoms with Gasteiger partial charge in [0.1, 0.15) is 4.90 Å². The van der Waals surface area contributed by atoms with E-state index in [1.165, 1.54) is 0 Å². The highest BCUT2D eigenvalue weighted by Gasteiger charge is 2.24. The standard InChI is InChI=1S/C17H21N3O3S/c1-11-17(12(2)20(3)18-11)24(22,23)19-14-9-8-13-6-4-5-7-16(21)15(13)10-14/h8-10,19H,4-7H2,1-3H3. The average molecular weight is 347 g/mol. The Balaban J connectivity index is 1.98. The molecule has 0 radical (unpaired) electrons. The molecule has 0 unspecified atom stereocenters. The lowest BCUT2D eigenvalue weighted by molar-refractivity contribution is 0.0982. The molecule has 2 aromatic rings. The van der Waals surface area contributed by atoms with E-state index in [0.29, 0.717) is 29.1 Å². The van der Waals surface area contributed by atoms with E-state index in [2.05, 4.69) is 9.82 Å². The number of ketones is 1. The quantitative estimate of drug-likeness (QED) is 0.866. The van der Waals surface area contributed by atoms with Gasteiger partial charge in [-0.25, -0.2) is 8.42 Å². The van der Waals surface area contributed by atoms with Crippen LogP contribution in [0.2, 0.25) is 0 Å². The largest absolute Gasteiger partial charge is 0.294 e. The first-order valence-electron chi connectivity index (χ1n) is 7.99. The maximum absolute atomic E-state index is 12.7. The number of aromatic nitrogens is 2. The molecule has 1 aromatic carbocycles. The molecule has 0 bridgehead atoms. The van der Waals surface area contributed by atoms with Gasteiger partial charge in [-0.15, -0.1) is 0 Å². The summed E-state index contributed by atoms with van der Waals surface area (Å²) in [5, 5.41) is 4.16. The van der Waals surface area contributed by atoms with Gasteiger partial charge in [0.2, 0.25) is 0 Å².